The maximum Gasteiger partial charge on any atom is 0.306 e. The Morgan fingerprint density at radius 2 is 1.93 bits per heavy atom. The Kier molecular flexibility index (Phi) is 6.49. The highest BCUT2D eigenvalue weighted by molar-refractivity contribution is 7.14. The zero-order valence-corrected chi connectivity index (χ0v) is 17.8. The summed E-state index contributed by atoms with van der Waals surface area (Å²) in [6, 6.07) is 11.3. The van der Waals surface area contributed by atoms with Crippen LogP contribution in [0.3, 0.4) is 0 Å². The van der Waals surface area contributed by atoms with Crippen LogP contribution in [-0.4, -0.2) is 35.2 Å². The molecule has 3 rings (SSSR count). The Balaban J connectivity index is 1.61. The third kappa shape index (κ3) is 4.92. The van der Waals surface area contributed by atoms with Gasteiger partial charge < -0.3 is 9.47 Å². The zero-order chi connectivity index (χ0) is 21.0. The predicted molar refractivity (Wildman–Crippen MR) is 112 cm³/mol. The molecule has 0 aliphatic rings. The number of Topliss-reactive ketones (excluding diaryl/α,β-unsaturated/α-hetero) is 1. The van der Waals surface area contributed by atoms with E-state index in [-0.39, 0.29) is 24.8 Å². The average molecular weight is 413 g/mol. The molecule has 0 bridgehead atoms. The molecule has 2 aromatic heterocycles. The standard InChI is InChI=1S/C22H24N2O4S/c1-14-8-10-21(29-14)20(25)13-28-22(26)11-9-19-15(2)23-24(16(19)3)17-6-5-7-18(12-17)27-4/h5-8,10,12H,9,11,13H2,1-4H3. The number of thiophene rings is 1. The van der Waals surface area contributed by atoms with Crippen LogP contribution in [0.1, 0.15) is 37.9 Å². The van der Waals surface area contributed by atoms with E-state index in [0.29, 0.717) is 11.3 Å². The van der Waals surface area contributed by atoms with Crippen LogP contribution in [0.15, 0.2) is 36.4 Å². The molecular weight excluding hydrogens is 388 g/mol. The number of carbonyl (C=O) groups is 2. The molecule has 2 heterocycles. The van der Waals surface area contributed by atoms with Gasteiger partial charge in [-0.15, -0.1) is 11.3 Å². The third-order valence-corrected chi connectivity index (χ3v) is 5.74. The van der Waals surface area contributed by atoms with Crippen molar-refractivity contribution in [3.05, 3.63) is 63.1 Å². The first kappa shape index (κ1) is 20.8. The number of rotatable bonds is 8. The lowest BCUT2D eigenvalue weighted by atomic mass is 10.1. The number of methoxy groups -OCH3 is 1. The van der Waals surface area contributed by atoms with E-state index < -0.39 is 0 Å². The van der Waals surface area contributed by atoms with Gasteiger partial charge in [0, 0.05) is 23.1 Å². The third-order valence-electron chi connectivity index (χ3n) is 4.70. The number of esters is 1. The Labute approximate surface area is 174 Å². The van der Waals surface area contributed by atoms with Gasteiger partial charge in [0.15, 0.2) is 6.61 Å². The lowest BCUT2D eigenvalue weighted by Gasteiger charge is -2.07. The average Bonchev–Trinajstić information content (AvgIpc) is 3.27. The van der Waals surface area contributed by atoms with Crippen LogP contribution in [0.25, 0.3) is 5.69 Å². The Bertz CT molecular complexity index is 1040. The second-order valence-corrected chi connectivity index (χ2v) is 8.04. The summed E-state index contributed by atoms with van der Waals surface area (Å²) in [5.41, 5.74) is 3.73. The number of nitrogens with zero attached hydrogens (tertiary/aromatic N) is 2. The van der Waals surface area contributed by atoms with Gasteiger partial charge in [-0.1, -0.05) is 6.07 Å². The topological polar surface area (TPSA) is 70.4 Å². The maximum atomic E-state index is 12.1. The second kappa shape index (κ2) is 9.05. The highest BCUT2D eigenvalue weighted by atomic mass is 32.1. The van der Waals surface area contributed by atoms with E-state index in [4.69, 9.17) is 9.47 Å². The van der Waals surface area contributed by atoms with Gasteiger partial charge in [-0.05, 0) is 57.0 Å². The van der Waals surface area contributed by atoms with Gasteiger partial charge in [0.25, 0.3) is 0 Å². The van der Waals surface area contributed by atoms with Crippen molar-refractivity contribution in [2.75, 3.05) is 13.7 Å². The first-order valence-electron chi connectivity index (χ1n) is 9.34. The lowest BCUT2D eigenvalue weighted by Crippen LogP contribution is -2.14. The molecule has 0 aliphatic heterocycles. The summed E-state index contributed by atoms with van der Waals surface area (Å²) in [5.74, 6) is 0.194. The van der Waals surface area contributed by atoms with Crippen molar-refractivity contribution in [3.63, 3.8) is 0 Å². The number of ether oxygens (including phenoxy) is 2. The van der Waals surface area contributed by atoms with Crippen molar-refractivity contribution in [2.45, 2.75) is 33.6 Å². The summed E-state index contributed by atoms with van der Waals surface area (Å²) in [6.07, 6.45) is 0.703. The minimum absolute atomic E-state index is 0.172. The predicted octanol–water partition coefficient (Wildman–Crippen LogP) is 4.23. The van der Waals surface area contributed by atoms with Crippen molar-refractivity contribution in [2.24, 2.45) is 0 Å². The number of ketones is 1. The minimum atomic E-state index is -0.389. The van der Waals surface area contributed by atoms with Gasteiger partial charge in [0.05, 0.1) is 23.4 Å². The van der Waals surface area contributed by atoms with Crippen molar-refractivity contribution in [1.82, 2.24) is 9.78 Å². The fourth-order valence-corrected chi connectivity index (χ4v) is 3.92. The van der Waals surface area contributed by atoms with Crippen LogP contribution in [0.5, 0.6) is 5.75 Å². The first-order chi connectivity index (χ1) is 13.9. The molecule has 0 radical (unpaired) electrons. The molecule has 0 amide bonds. The fourth-order valence-electron chi connectivity index (χ4n) is 3.13. The molecule has 0 saturated heterocycles. The first-order valence-corrected chi connectivity index (χ1v) is 10.2. The van der Waals surface area contributed by atoms with Crippen molar-refractivity contribution < 1.29 is 19.1 Å². The summed E-state index contributed by atoms with van der Waals surface area (Å²) in [6.45, 7) is 5.61. The monoisotopic (exact) mass is 412 g/mol. The van der Waals surface area contributed by atoms with Gasteiger partial charge in [-0.3, -0.25) is 9.59 Å². The number of hydrogen-bond acceptors (Lipinski definition) is 6. The van der Waals surface area contributed by atoms with E-state index in [9.17, 15) is 9.59 Å². The molecule has 7 heteroatoms. The van der Waals surface area contributed by atoms with Crippen molar-refractivity contribution in [1.29, 1.82) is 0 Å². The number of carbonyl (C=O) groups excluding carboxylic acids is 2. The van der Waals surface area contributed by atoms with Crippen LogP contribution in [0.4, 0.5) is 0 Å². The molecule has 0 saturated carbocycles. The SMILES string of the molecule is COc1cccc(-n2nc(C)c(CCC(=O)OCC(=O)c3ccc(C)s3)c2C)c1. The zero-order valence-electron chi connectivity index (χ0n) is 17.0. The van der Waals surface area contributed by atoms with Crippen molar-refractivity contribution in [3.8, 4) is 11.4 Å². The minimum Gasteiger partial charge on any atom is -0.497 e. The Morgan fingerprint density at radius 3 is 2.62 bits per heavy atom. The molecule has 3 aromatic rings. The lowest BCUT2D eigenvalue weighted by molar-refractivity contribution is -0.142. The highest BCUT2D eigenvalue weighted by Crippen LogP contribution is 2.22. The normalized spacial score (nSPS) is 10.8. The molecule has 1 aromatic carbocycles. The second-order valence-electron chi connectivity index (χ2n) is 6.76. The molecule has 152 valence electrons. The Hall–Kier alpha value is -2.93. The summed E-state index contributed by atoms with van der Waals surface area (Å²) in [4.78, 5) is 25.9. The van der Waals surface area contributed by atoms with Crippen LogP contribution >= 0.6 is 11.3 Å². The molecule has 6 nitrogen and oxygen atoms in total. The summed E-state index contributed by atoms with van der Waals surface area (Å²) < 4.78 is 12.3. The Morgan fingerprint density at radius 1 is 1.14 bits per heavy atom. The van der Waals surface area contributed by atoms with Crippen LogP contribution in [0.2, 0.25) is 0 Å². The molecule has 0 unspecified atom stereocenters. The van der Waals surface area contributed by atoms with E-state index in [1.54, 1.807) is 13.2 Å². The largest absolute Gasteiger partial charge is 0.497 e. The van der Waals surface area contributed by atoms with Crippen LogP contribution in [-0.2, 0) is 16.0 Å². The molecule has 0 fully saturated rings. The van der Waals surface area contributed by atoms with Crippen LogP contribution in [0, 0.1) is 20.8 Å². The van der Waals surface area contributed by atoms with Gasteiger partial charge in [-0.2, -0.15) is 5.10 Å². The van der Waals surface area contributed by atoms with Crippen molar-refractivity contribution >= 4 is 23.1 Å². The number of aryl methyl sites for hydroxylation is 2. The number of hydrogen-bond donors (Lipinski definition) is 0. The van der Waals surface area contributed by atoms with Gasteiger partial charge in [-0.25, -0.2) is 4.68 Å². The fraction of sp³-hybridized carbons (Fsp3) is 0.318. The quantitative estimate of drug-likeness (QED) is 0.409. The summed E-state index contributed by atoms with van der Waals surface area (Å²) >= 11 is 1.40. The van der Waals surface area contributed by atoms with E-state index in [1.165, 1.54) is 11.3 Å². The molecule has 29 heavy (non-hydrogen) atoms. The number of benzene rings is 1. The number of aromatic nitrogens is 2. The molecule has 0 N–H and O–H groups in total. The van der Waals surface area contributed by atoms with E-state index in [2.05, 4.69) is 5.10 Å². The van der Waals surface area contributed by atoms with Gasteiger partial charge >= 0.3 is 5.97 Å². The summed E-state index contributed by atoms with van der Waals surface area (Å²) in [5, 5.41) is 4.61. The smallest absolute Gasteiger partial charge is 0.306 e. The molecule has 0 atom stereocenters. The van der Waals surface area contributed by atoms with Gasteiger partial charge in [0.1, 0.15) is 5.75 Å². The van der Waals surface area contributed by atoms with E-state index in [0.717, 1.165) is 33.3 Å². The summed E-state index contributed by atoms with van der Waals surface area (Å²) in [7, 11) is 1.63. The van der Waals surface area contributed by atoms with E-state index >= 15 is 0 Å². The van der Waals surface area contributed by atoms with Gasteiger partial charge in [0.2, 0.25) is 5.78 Å². The van der Waals surface area contributed by atoms with E-state index in [1.807, 2.05) is 55.8 Å². The van der Waals surface area contributed by atoms with Crippen LogP contribution < -0.4 is 4.74 Å². The molecular formula is C22H24N2O4S. The molecule has 0 aliphatic carbocycles. The maximum absolute atomic E-state index is 12.1. The molecule has 0 spiro atoms. The highest BCUT2D eigenvalue weighted by Gasteiger charge is 2.16.